The van der Waals surface area contributed by atoms with Crippen molar-refractivity contribution in [2.24, 2.45) is 5.41 Å². The standard InChI is InChI=1S/C26H42O6/c1-9-25(5,6)19(3)29-17-11-12-18-30-20(4)31-23(27)21-13-15-22(16-14-21)24(28)32-26(7,8)10-2/h13-16,19-20H,9-12,17-18H2,1-8H3. The highest BCUT2D eigenvalue weighted by Gasteiger charge is 2.24. The highest BCUT2D eigenvalue weighted by molar-refractivity contribution is 5.93. The van der Waals surface area contributed by atoms with E-state index in [0.717, 1.165) is 19.3 Å². The fourth-order valence-corrected chi connectivity index (χ4v) is 2.60. The molecular weight excluding hydrogens is 408 g/mol. The van der Waals surface area contributed by atoms with Crippen molar-refractivity contribution in [2.45, 2.75) is 99.1 Å². The first-order valence-electron chi connectivity index (χ1n) is 11.7. The predicted molar refractivity (Wildman–Crippen MR) is 126 cm³/mol. The minimum absolute atomic E-state index is 0.170. The van der Waals surface area contributed by atoms with Crippen LogP contribution < -0.4 is 0 Å². The van der Waals surface area contributed by atoms with Gasteiger partial charge in [0.15, 0.2) is 6.29 Å². The van der Waals surface area contributed by atoms with Gasteiger partial charge in [-0.3, -0.25) is 0 Å². The Morgan fingerprint density at radius 1 is 0.812 bits per heavy atom. The molecule has 1 aromatic rings. The molecule has 2 atom stereocenters. The highest BCUT2D eigenvalue weighted by Crippen LogP contribution is 2.27. The molecule has 0 aliphatic heterocycles. The maximum atomic E-state index is 12.3. The molecule has 6 heteroatoms. The smallest absolute Gasteiger partial charge is 0.340 e. The summed E-state index contributed by atoms with van der Waals surface area (Å²) < 4.78 is 22.3. The molecule has 0 bridgehead atoms. The largest absolute Gasteiger partial charge is 0.456 e. The molecule has 1 aromatic carbocycles. The zero-order valence-corrected chi connectivity index (χ0v) is 21.2. The maximum absolute atomic E-state index is 12.3. The molecular formula is C26H42O6. The predicted octanol–water partition coefficient (Wildman–Crippen LogP) is 6.17. The van der Waals surface area contributed by atoms with E-state index in [1.807, 2.05) is 20.8 Å². The third kappa shape index (κ3) is 9.70. The Kier molecular flexibility index (Phi) is 11.4. The van der Waals surface area contributed by atoms with Gasteiger partial charge >= 0.3 is 11.9 Å². The lowest BCUT2D eigenvalue weighted by atomic mass is 9.85. The van der Waals surface area contributed by atoms with Gasteiger partial charge in [0.25, 0.3) is 0 Å². The molecule has 0 fully saturated rings. The molecule has 1 rings (SSSR count). The third-order valence-electron chi connectivity index (χ3n) is 6.12. The quantitative estimate of drug-likeness (QED) is 0.192. The number of unbranched alkanes of at least 4 members (excludes halogenated alkanes) is 1. The summed E-state index contributed by atoms with van der Waals surface area (Å²) in [4.78, 5) is 24.5. The van der Waals surface area contributed by atoms with Gasteiger partial charge in [-0.2, -0.15) is 0 Å². The summed E-state index contributed by atoms with van der Waals surface area (Å²) in [6.45, 7) is 17.3. The molecule has 0 aliphatic carbocycles. The van der Waals surface area contributed by atoms with E-state index in [0.29, 0.717) is 30.8 Å². The Labute approximate surface area is 194 Å². The van der Waals surface area contributed by atoms with Crippen LogP contribution in [-0.2, 0) is 18.9 Å². The normalized spacial score (nSPS) is 14.0. The maximum Gasteiger partial charge on any atom is 0.340 e. The van der Waals surface area contributed by atoms with E-state index >= 15 is 0 Å². The third-order valence-corrected chi connectivity index (χ3v) is 6.12. The van der Waals surface area contributed by atoms with E-state index in [-0.39, 0.29) is 11.5 Å². The number of hydrogen-bond acceptors (Lipinski definition) is 6. The molecule has 0 aliphatic rings. The average Bonchev–Trinajstić information content (AvgIpc) is 2.75. The van der Waals surface area contributed by atoms with Crippen LogP contribution in [-0.4, -0.2) is 43.1 Å². The average molecular weight is 451 g/mol. The second-order valence-electron chi connectivity index (χ2n) is 9.49. The molecule has 0 N–H and O–H groups in total. The van der Waals surface area contributed by atoms with Gasteiger partial charge in [-0.1, -0.05) is 27.7 Å². The van der Waals surface area contributed by atoms with Gasteiger partial charge in [0.2, 0.25) is 0 Å². The molecule has 32 heavy (non-hydrogen) atoms. The van der Waals surface area contributed by atoms with E-state index in [1.54, 1.807) is 31.2 Å². The van der Waals surface area contributed by atoms with Gasteiger partial charge in [-0.05, 0) is 83.1 Å². The highest BCUT2D eigenvalue weighted by atomic mass is 16.7. The van der Waals surface area contributed by atoms with Crippen molar-refractivity contribution in [3.05, 3.63) is 35.4 Å². The van der Waals surface area contributed by atoms with E-state index in [2.05, 4.69) is 27.7 Å². The van der Waals surface area contributed by atoms with E-state index in [9.17, 15) is 9.59 Å². The molecule has 0 radical (unpaired) electrons. The van der Waals surface area contributed by atoms with Gasteiger partial charge in [0, 0.05) is 6.61 Å². The Morgan fingerprint density at radius 2 is 1.31 bits per heavy atom. The Bertz CT molecular complexity index is 708. The van der Waals surface area contributed by atoms with Gasteiger partial charge in [-0.25, -0.2) is 9.59 Å². The van der Waals surface area contributed by atoms with Crippen LogP contribution in [0.5, 0.6) is 0 Å². The minimum Gasteiger partial charge on any atom is -0.456 e. The van der Waals surface area contributed by atoms with Crippen LogP contribution >= 0.6 is 0 Å². The van der Waals surface area contributed by atoms with Gasteiger partial charge in [0.1, 0.15) is 5.60 Å². The fourth-order valence-electron chi connectivity index (χ4n) is 2.60. The van der Waals surface area contributed by atoms with Gasteiger partial charge in [-0.15, -0.1) is 0 Å². The monoisotopic (exact) mass is 450 g/mol. The SMILES string of the molecule is CCC(C)(C)OC(=O)c1ccc(C(=O)OC(C)OCCCCOC(C)C(C)(C)CC)cc1. The minimum atomic E-state index is -0.656. The van der Waals surface area contributed by atoms with Crippen LogP contribution in [0.4, 0.5) is 0 Å². The van der Waals surface area contributed by atoms with Crippen molar-refractivity contribution in [1.29, 1.82) is 0 Å². The van der Waals surface area contributed by atoms with Gasteiger partial charge < -0.3 is 18.9 Å². The van der Waals surface area contributed by atoms with E-state index in [4.69, 9.17) is 18.9 Å². The lowest BCUT2D eigenvalue weighted by Crippen LogP contribution is -2.29. The molecule has 6 nitrogen and oxygen atoms in total. The summed E-state index contributed by atoms with van der Waals surface area (Å²) in [7, 11) is 0. The number of esters is 2. The first-order chi connectivity index (χ1) is 14.9. The molecule has 0 spiro atoms. The van der Waals surface area contributed by atoms with Crippen LogP contribution in [0.2, 0.25) is 0 Å². The molecule has 0 aromatic heterocycles. The zero-order chi connectivity index (χ0) is 24.4. The number of carbonyl (C=O) groups excluding carboxylic acids is 2. The first-order valence-corrected chi connectivity index (χ1v) is 11.7. The van der Waals surface area contributed by atoms with Crippen LogP contribution in [0.3, 0.4) is 0 Å². The molecule has 2 unspecified atom stereocenters. The summed E-state index contributed by atoms with van der Waals surface area (Å²) in [5, 5.41) is 0. The summed E-state index contributed by atoms with van der Waals surface area (Å²) >= 11 is 0. The number of hydrogen-bond donors (Lipinski definition) is 0. The van der Waals surface area contributed by atoms with Crippen molar-refractivity contribution in [2.75, 3.05) is 13.2 Å². The fraction of sp³-hybridized carbons (Fsp3) is 0.692. The number of carbonyl (C=O) groups is 2. The van der Waals surface area contributed by atoms with E-state index < -0.39 is 23.8 Å². The second kappa shape index (κ2) is 12.9. The summed E-state index contributed by atoms with van der Waals surface area (Å²) in [5.74, 6) is -0.907. The molecule has 0 amide bonds. The van der Waals surface area contributed by atoms with Crippen molar-refractivity contribution in [3.8, 4) is 0 Å². The lowest BCUT2D eigenvalue weighted by Gasteiger charge is -2.30. The van der Waals surface area contributed by atoms with Crippen molar-refractivity contribution >= 4 is 11.9 Å². The second-order valence-corrected chi connectivity index (χ2v) is 9.49. The molecule has 0 saturated carbocycles. The summed E-state index contributed by atoms with van der Waals surface area (Å²) in [6, 6.07) is 6.25. The Hall–Kier alpha value is -1.92. The number of ether oxygens (including phenoxy) is 4. The van der Waals surface area contributed by atoms with Crippen LogP contribution in [0, 0.1) is 5.41 Å². The van der Waals surface area contributed by atoms with Crippen molar-refractivity contribution in [1.82, 2.24) is 0 Å². The zero-order valence-electron chi connectivity index (χ0n) is 21.2. The van der Waals surface area contributed by atoms with E-state index in [1.165, 1.54) is 0 Å². The first kappa shape index (κ1) is 28.1. The summed E-state index contributed by atoms with van der Waals surface area (Å²) in [6.07, 6.45) is 3.05. The van der Waals surface area contributed by atoms with Crippen LogP contribution in [0.15, 0.2) is 24.3 Å². The molecule has 182 valence electrons. The molecule has 0 saturated heterocycles. The lowest BCUT2D eigenvalue weighted by molar-refractivity contribution is -0.100. The van der Waals surface area contributed by atoms with Crippen molar-refractivity contribution in [3.63, 3.8) is 0 Å². The van der Waals surface area contributed by atoms with Crippen LogP contribution in [0.1, 0.15) is 102 Å². The summed E-state index contributed by atoms with van der Waals surface area (Å²) in [5.41, 5.74) is 0.390. The van der Waals surface area contributed by atoms with Gasteiger partial charge in [0.05, 0.1) is 23.8 Å². The topological polar surface area (TPSA) is 71.1 Å². The molecule has 0 heterocycles. The van der Waals surface area contributed by atoms with Crippen LogP contribution in [0.25, 0.3) is 0 Å². The number of rotatable bonds is 14. The Balaban J connectivity index is 2.34. The Morgan fingerprint density at radius 3 is 1.81 bits per heavy atom. The number of benzene rings is 1. The van der Waals surface area contributed by atoms with Crippen molar-refractivity contribution < 1.29 is 28.5 Å².